The zero-order valence-corrected chi connectivity index (χ0v) is 14.9. The fourth-order valence-corrected chi connectivity index (χ4v) is 3.40. The molecule has 0 N–H and O–H groups in total. The second-order valence-electron chi connectivity index (χ2n) is 6.17. The standard InChI is InChI=1S/C19H27N3O2/c1-4-24-13-12-21-8-10-22(11-9-21)19-15(2)14-20-18-16(19)6-5-7-17(18)23-3/h5-7,14H,4,8-13H2,1-3H3. The van der Waals surface area contributed by atoms with Crippen molar-refractivity contribution in [3.8, 4) is 5.75 Å². The Morgan fingerprint density at radius 3 is 2.67 bits per heavy atom. The Bertz CT molecular complexity index is 682. The molecule has 0 saturated carbocycles. The smallest absolute Gasteiger partial charge is 0.145 e. The molecule has 130 valence electrons. The van der Waals surface area contributed by atoms with E-state index in [1.807, 2.05) is 25.3 Å². The van der Waals surface area contributed by atoms with Crippen molar-refractivity contribution < 1.29 is 9.47 Å². The van der Waals surface area contributed by atoms with Crippen LogP contribution in [0.25, 0.3) is 10.9 Å². The second-order valence-corrected chi connectivity index (χ2v) is 6.17. The molecule has 1 fully saturated rings. The van der Waals surface area contributed by atoms with Crippen LogP contribution in [0.15, 0.2) is 24.4 Å². The van der Waals surface area contributed by atoms with E-state index >= 15 is 0 Å². The zero-order chi connectivity index (χ0) is 16.9. The third-order valence-electron chi connectivity index (χ3n) is 4.68. The van der Waals surface area contributed by atoms with Crippen molar-refractivity contribution in [1.29, 1.82) is 0 Å². The molecule has 0 radical (unpaired) electrons. The molecule has 0 spiro atoms. The molecule has 1 saturated heterocycles. The molecule has 3 rings (SSSR count). The summed E-state index contributed by atoms with van der Waals surface area (Å²) in [5.41, 5.74) is 3.46. The van der Waals surface area contributed by atoms with Gasteiger partial charge in [0.2, 0.25) is 0 Å². The molecule has 2 aromatic rings. The predicted molar refractivity (Wildman–Crippen MR) is 98.2 cm³/mol. The zero-order valence-electron chi connectivity index (χ0n) is 14.9. The van der Waals surface area contributed by atoms with Crippen LogP contribution in [-0.4, -0.2) is 62.9 Å². The van der Waals surface area contributed by atoms with Gasteiger partial charge >= 0.3 is 0 Å². The summed E-state index contributed by atoms with van der Waals surface area (Å²) in [7, 11) is 1.70. The molecule has 0 aliphatic carbocycles. The second kappa shape index (κ2) is 7.81. The van der Waals surface area contributed by atoms with E-state index in [1.165, 1.54) is 16.6 Å². The minimum absolute atomic E-state index is 0.796. The van der Waals surface area contributed by atoms with Gasteiger partial charge in [0.15, 0.2) is 0 Å². The number of methoxy groups -OCH3 is 1. The van der Waals surface area contributed by atoms with Crippen LogP contribution in [-0.2, 0) is 4.74 Å². The molecule has 1 aliphatic heterocycles. The topological polar surface area (TPSA) is 37.8 Å². The number of aryl methyl sites for hydroxylation is 1. The summed E-state index contributed by atoms with van der Waals surface area (Å²) in [5.74, 6) is 0.837. The molecule has 1 aromatic heterocycles. The molecule has 5 heteroatoms. The highest BCUT2D eigenvalue weighted by atomic mass is 16.5. The maximum Gasteiger partial charge on any atom is 0.145 e. The lowest BCUT2D eigenvalue weighted by atomic mass is 10.1. The van der Waals surface area contributed by atoms with E-state index in [-0.39, 0.29) is 0 Å². The number of anilines is 1. The highest BCUT2D eigenvalue weighted by Crippen LogP contribution is 2.34. The van der Waals surface area contributed by atoms with Crippen LogP contribution in [0.2, 0.25) is 0 Å². The van der Waals surface area contributed by atoms with Crippen molar-refractivity contribution in [2.45, 2.75) is 13.8 Å². The van der Waals surface area contributed by atoms with E-state index in [4.69, 9.17) is 9.47 Å². The summed E-state index contributed by atoms with van der Waals surface area (Å²) in [6, 6.07) is 6.17. The van der Waals surface area contributed by atoms with Crippen LogP contribution >= 0.6 is 0 Å². The Kier molecular flexibility index (Phi) is 5.53. The number of benzene rings is 1. The highest BCUT2D eigenvalue weighted by Gasteiger charge is 2.21. The van der Waals surface area contributed by atoms with Gasteiger partial charge in [0.05, 0.1) is 19.4 Å². The number of hydrogen-bond acceptors (Lipinski definition) is 5. The van der Waals surface area contributed by atoms with Gasteiger partial charge < -0.3 is 14.4 Å². The maximum atomic E-state index is 5.48. The summed E-state index contributed by atoms with van der Waals surface area (Å²) in [6.07, 6.45) is 1.96. The summed E-state index contributed by atoms with van der Waals surface area (Å²) in [6.45, 7) is 11.0. The lowest BCUT2D eigenvalue weighted by Gasteiger charge is -2.37. The Morgan fingerprint density at radius 2 is 1.96 bits per heavy atom. The van der Waals surface area contributed by atoms with Crippen LogP contribution in [0.3, 0.4) is 0 Å². The van der Waals surface area contributed by atoms with Gasteiger partial charge in [-0.25, -0.2) is 0 Å². The number of rotatable bonds is 6. The SMILES string of the molecule is CCOCCN1CCN(c2c(C)cnc3c(OC)cccc23)CC1. The lowest BCUT2D eigenvalue weighted by molar-refractivity contribution is 0.111. The van der Waals surface area contributed by atoms with Crippen molar-refractivity contribution in [3.63, 3.8) is 0 Å². The molecule has 1 aliphatic rings. The first-order chi connectivity index (χ1) is 11.7. The van der Waals surface area contributed by atoms with Crippen LogP contribution in [0.4, 0.5) is 5.69 Å². The molecule has 0 bridgehead atoms. The first-order valence-corrected chi connectivity index (χ1v) is 8.72. The van der Waals surface area contributed by atoms with E-state index in [0.717, 1.165) is 57.2 Å². The van der Waals surface area contributed by atoms with E-state index in [2.05, 4.69) is 27.8 Å². The maximum absolute atomic E-state index is 5.48. The van der Waals surface area contributed by atoms with E-state index in [0.29, 0.717) is 0 Å². The van der Waals surface area contributed by atoms with Crippen molar-refractivity contribution in [2.75, 3.05) is 57.9 Å². The quantitative estimate of drug-likeness (QED) is 0.762. The summed E-state index contributed by atoms with van der Waals surface area (Å²) < 4.78 is 11.0. The molecule has 0 unspecified atom stereocenters. The first kappa shape index (κ1) is 17.0. The summed E-state index contributed by atoms with van der Waals surface area (Å²) in [5, 5.41) is 1.18. The Morgan fingerprint density at radius 1 is 1.17 bits per heavy atom. The average molecular weight is 329 g/mol. The van der Waals surface area contributed by atoms with Crippen LogP contribution < -0.4 is 9.64 Å². The first-order valence-electron chi connectivity index (χ1n) is 8.72. The van der Waals surface area contributed by atoms with Gasteiger partial charge in [-0.3, -0.25) is 9.88 Å². The van der Waals surface area contributed by atoms with Crippen LogP contribution in [0.1, 0.15) is 12.5 Å². The molecule has 5 nitrogen and oxygen atoms in total. The molecular formula is C19H27N3O2. The highest BCUT2D eigenvalue weighted by molar-refractivity contribution is 5.96. The fraction of sp³-hybridized carbons (Fsp3) is 0.526. The van der Waals surface area contributed by atoms with E-state index in [9.17, 15) is 0 Å². The minimum Gasteiger partial charge on any atom is -0.494 e. The number of nitrogens with zero attached hydrogens (tertiary/aromatic N) is 3. The number of hydrogen-bond donors (Lipinski definition) is 0. The van der Waals surface area contributed by atoms with Crippen LogP contribution in [0.5, 0.6) is 5.75 Å². The summed E-state index contributed by atoms with van der Waals surface area (Å²) in [4.78, 5) is 9.55. The van der Waals surface area contributed by atoms with Crippen molar-refractivity contribution in [1.82, 2.24) is 9.88 Å². The van der Waals surface area contributed by atoms with Gasteiger partial charge in [-0.2, -0.15) is 0 Å². The average Bonchev–Trinajstić information content (AvgIpc) is 2.62. The van der Waals surface area contributed by atoms with Crippen molar-refractivity contribution in [2.24, 2.45) is 0 Å². The molecule has 2 heterocycles. The largest absolute Gasteiger partial charge is 0.494 e. The van der Waals surface area contributed by atoms with Gasteiger partial charge in [0, 0.05) is 50.9 Å². The van der Waals surface area contributed by atoms with Gasteiger partial charge in [0.1, 0.15) is 11.3 Å². The van der Waals surface area contributed by atoms with Gasteiger partial charge in [-0.1, -0.05) is 12.1 Å². The molecule has 24 heavy (non-hydrogen) atoms. The molecule has 1 aromatic carbocycles. The molecular weight excluding hydrogens is 302 g/mol. The Balaban J connectivity index is 1.79. The van der Waals surface area contributed by atoms with Crippen molar-refractivity contribution >= 4 is 16.6 Å². The number of piperazine rings is 1. The minimum atomic E-state index is 0.796. The Hall–Kier alpha value is -1.85. The molecule has 0 amide bonds. The number of fused-ring (bicyclic) bond motifs is 1. The number of para-hydroxylation sites is 1. The van der Waals surface area contributed by atoms with Gasteiger partial charge in [-0.05, 0) is 25.5 Å². The van der Waals surface area contributed by atoms with Gasteiger partial charge in [0.25, 0.3) is 0 Å². The van der Waals surface area contributed by atoms with Crippen molar-refractivity contribution in [3.05, 3.63) is 30.0 Å². The number of ether oxygens (including phenoxy) is 2. The normalized spacial score (nSPS) is 15.9. The Labute approximate surface area is 144 Å². The third kappa shape index (κ3) is 3.47. The predicted octanol–water partition coefficient (Wildman–Crippen LogP) is 2.71. The third-order valence-corrected chi connectivity index (χ3v) is 4.68. The van der Waals surface area contributed by atoms with Crippen LogP contribution in [0, 0.1) is 6.92 Å². The number of aromatic nitrogens is 1. The monoisotopic (exact) mass is 329 g/mol. The fourth-order valence-electron chi connectivity index (χ4n) is 3.40. The molecule has 0 atom stereocenters. The van der Waals surface area contributed by atoms with E-state index in [1.54, 1.807) is 7.11 Å². The summed E-state index contributed by atoms with van der Waals surface area (Å²) >= 11 is 0. The number of pyridine rings is 1. The lowest BCUT2D eigenvalue weighted by Crippen LogP contribution is -2.47. The van der Waals surface area contributed by atoms with E-state index < -0.39 is 0 Å². The van der Waals surface area contributed by atoms with Gasteiger partial charge in [-0.15, -0.1) is 0 Å².